The zero-order valence-electron chi connectivity index (χ0n) is 16.7. The molecule has 5 rings (SSSR count). The largest absolute Gasteiger partial charge is 0.326 e. The fourth-order valence-electron chi connectivity index (χ4n) is 3.87. The second kappa shape index (κ2) is 7.99. The molecule has 0 aliphatic heterocycles. The maximum absolute atomic E-state index is 14.3. The SMILES string of the molecule is Cc1nnnn1-c1cc(NC(=O)C2CC=CCC2c2nc3ccccc3s2)ccc1F. The van der Waals surface area contributed by atoms with Crippen molar-refractivity contribution in [3.8, 4) is 5.69 Å². The Morgan fingerprint density at radius 1 is 1.19 bits per heavy atom. The number of allylic oxidation sites excluding steroid dienone is 2. The van der Waals surface area contributed by atoms with E-state index in [0.717, 1.165) is 21.6 Å². The van der Waals surface area contributed by atoms with Gasteiger partial charge in [-0.1, -0.05) is 24.3 Å². The highest BCUT2D eigenvalue weighted by molar-refractivity contribution is 7.18. The number of thiazole rings is 1. The molecule has 2 heterocycles. The number of amides is 1. The maximum atomic E-state index is 14.3. The van der Waals surface area contributed by atoms with Crippen LogP contribution in [0.3, 0.4) is 0 Å². The molecule has 2 aromatic heterocycles. The van der Waals surface area contributed by atoms with E-state index in [2.05, 4.69) is 26.9 Å². The van der Waals surface area contributed by atoms with Crippen LogP contribution < -0.4 is 5.32 Å². The van der Waals surface area contributed by atoms with Crippen molar-refractivity contribution in [2.75, 3.05) is 5.32 Å². The first-order chi connectivity index (χ1) is 15.1. The molecule has 1 aliphatic rings. The molecule has 9 heteroatoms. The van der Waals surface area contributed by atoms with Crippen molar-refractivity contribution in [3.63, 3.8) is 0 Å². The van der Waals surface area contributed by atoms with Gasteiger partial charge in [-0.2, -0.15) is 4.68 Å². The van der Waals surface area contributed by atoms with Crippen molar-refractivity contribution in [1.82, 2.24) is 25.2 Å². The van der Waals surface area contributed by atoms with Crippen LogP contribution in [0.4, 0.5) is 10.1 Å². The summed E-state index contributed by atoms with van der Waals surface area (Å²) in [6, 6.07) is 12.4. The summed E-state index contributed by atoms with van der Waals surface area (Å²) in [7, 11) is 0. The first-order valence-electron chi connectivity index (χ1n) is 9.96. The number of tetrazole rings is 1. The second-order valence-corrected chi connectivity index (χ2v) is 8.53. The van der Waals surface area contributed by atoms with Crippen molar-refractivity contribution in [2.45, 2.75) is 25.7 Å². The molecule has 1 N–H and O–H groups in total. The first-order valence-corrected chi connectivity index (χ1v) is 10.8. The molecule has 2 atom stereocenters. The van der Waals surface area contributed by atoms with Gasteiger partial charge in [0.1, 0.15) is 11.5 Å². The second-order valence-electron chi connectivity index (χ2n) is 7.47. The summed E-state index contributed by atoms with van der Waals surface area (Å²) in [5.41, 5.74) is 1.64. The number of rotatable bonds is 4. The van der Waals surface area contributed by atoms with Gasteiger partial charge < -0.3 is 5.32 Å². The number of carbonyl (C=O) groups excluding carboxylic acids is 1. The van der Waals surface area contributed by atoms with Crippen LogP contribution in [0.15, 0.2) is 54.6 Å². The van der Waals surface area contributed by atoms with Gasteiger partial charge in [0, 0.05) is 11.6 Å². The van der Waals surface area contributed by atoms with Crippen LogP contribution in [0.5, 0.6) is 0 Å². The number of hydrogen-bond donors (Lipinski definition) is 1. The van der Waals surface area contributed by atoms with Crippen molar-refractivity contribution in [2.24, 2.45) is 5.92 Å². The lowest BCUT2D eigenvalue weighted by Crippen LogP contribution is -2.29. The number of anilines is 1. The van der Waals surface area contributed by atoms with Crippen molar-refractivity contribution < 1.29 is 9.18 Å². The monoisotopic (exact) mass is 434 g/mol. The Labute approximate surface area is 181 Å². The minimum absolute atomic E-state index is 0.00378. The number of carbonyl (C=O) groups is 1. The van der Waals surface area contributed by atoms with Crippen LogP contribution in [0.2, 0.25) is 0 Å². The summed E-state index contributed by atoms with van der Waals surface area (Å²) >= 11 is 1.64. The molecule has 0 bridgehead atoms. The Kier molecular flexibility index (Phi) is 5.03. The Hall–Kier alpha value is -3.46. The molecule has 156 valence electrons. The number of nitrogens with zero attached hydrogens (tertiary/aromatic N) is 5. The summed E-state index contributed by atoms with van der Waals surface area (Å²) < 4.78 is 16.8. The molecule has 0 saturated heterocycles. The normalized spacial score (nSPS) is 18.4. The highest BCUT2D eigenvalue weighted by Gasteiger charge is 2.32. The zero-order valence-corrected chi connectivity index (χ0v) is 17.5. The summed E-state index contributed by atoms with van der Waals surface area (Å²) in [4.78, 5) is 18.0. The summed E-state index contributed by atoms with van der Waals surface area (Å²) in [5.74, 6) is -0.380. The first kappa shape index (κ1) is 19.5. The average Bonchev–Trinajstić information content (AvgIpc) is 3.41. The number of aromatic nitrogens is 5. The van der Waals surface area contributed by atoms with E-state index in [4.69, 9.17) is 4.98 Å². The fourth-order valence-corrected chi connectivity index (χ4v) is 5.01. The standard InChI is InChI=1S/C22H19FN6OS/c1-13-26-27-28-29(13)19-12-14(10-11-17(19)23)24-21(30)15-6-2-3-7-16(15)22-25-18-8-4-5-9-20(18)31-22/h2-5,8-12,15-16H,6-7H2,1H3,(H,24,30). The smallest absolute Gasteiger partial charge is 0.228 e. The van der Waals surface area contributed by atoms with Gasteiger partial charge in [-0.3, -0.25) is 4.79 Å². The molecule has 0 spiro atoms. The van der Waals surface area contributed by atoms with Crippen LogP contribution in [-0.2, 0) is 4.79 Å². The molecule has 0 fully saturated rings. The summed E-state index contributed by atoms with van der Waals surface area (Å²) in [6.45, 7) is 1.68. The molecule has 0 radical (unpaired) electrons. The van der Waals surface area contributed by atoms with Gasteiger partial charge in [-0.05, 0) is 60.5 Å². The number of aryl methyl sites for hydroxylation is 1. The van der Waals surface area contributed by atoms with Crippen molar-refractivity contribution in [1.29, 1.82) is 0 Å². The fraction of sp³-hybridized carbons (Fsp3) is 0.227. The van der Waals surface area contributed by atoms with Crippen LogP contribution in [0, 0.1) is 18.7 Å². The Bertz CT molecular complexity index is 1260. The highest BCUT2D eigenvalue weighted by atomic mass is 32.1. The van der Waals surface area contributed by atoms with Crippen LogP contribution in [-0.4, -0.2) is 31.1 Å². The molecule has 31 heavy (non-hydrogen) atoms. The van der Waals surface area contributed by atoms with Crippen LogP contribution in [0.1, 0.15) is 29.6 Å². The lowest BCUT2D eigenvalue weighted by Gasteiger charge is -2.26. The molecule has 2 unspecified atom stereocenters. The van der Waals surface area contributed by atoms with E-state index in [9.17, 15) is 9.18 Å². The number of benzene rings is 2. The predicted molar refractivity (Wildman–Crippen MR) is 117 cm³/mol. The van der Waals surface area contributed by atoms with E-state index in [1.807, 2.05) is 30.3 Å². The van der Waals surface area contributed by atoms with Gasteiger partial charge in [0.15, 0.2) is 5.82 Å². The van der Waals surface area contributed by atoms with Gasteiger partial charge in [0.2, 0.25) is 5.91 Å². The number of nitrogens with one attached hydrogen (secondary N) is 1. The number of fused-ring (bicyclic) bond motifs is 1. The number of hydrogen-bond acceptors (Lipinski definition) is 6. The molecule has 0 saturated carbocycles. The highest BCUT2D eigenvalue weighted by Crippen LogP contribution is 2.39. The third kappa shape index (κ3) is 3.72. The van der Waals surface area contributed by atoms with E-state index in [-0.39, 0.29) is 23.4 Å². The lowest BCUT2D eigenvalue weighted by atomic mass is 9.82. The number of para-hydroxylation sites is 1. The molecule has 4 aromatic rings. The van der Waals surface area contributed by atoms with E-state index < -0.39 is 5.82 Å². The zero-order chi connectivity index (χ0) is 21.4. The summed E-state index contributed by atoms with van der Waals surface area (Å²) in [5, 5.41) is 15.1. The Morgan fingerprint density at radius 2 is 2.03 bits per heavy atom. The van der Waals surface area contributed by atoms with Gasteiger partial charge in [-0.15, -0.1) is 16.4 Å². The van der Waals surface area contributed by atoms with E-state index in [0.29, 0.717) is 17.9 Å². The van der Waals surface area contributed by atoms with Crippen LogP contribution in [0.25, 0.3) is 15.9 Å². The minimum Gasteiger partial charge on any atom is -0.326 e. The van der Waals surface area contributed by atoms with Crippen molar-refractivity contribution in [3.05, 3.63) is 71.3 Å². The maximum Gasteiger partial charge on any atom is 0.228 e. The topological polar surface area (TPSA) is 85.6 Å². The quantitative estimate of drug-likeness (QED) is 0.481. The van der Waals surface area contributed by atoms with Gasteiger partial charge in [0.25, 0.3) is 0 Å². The third-order valence-electron chi connectivity index (χ3n) is 5.46. The third-order valence-corrected chi connectivity index (χ3v) is 6.63. The Morgan fingerprint density at radius 3 is 2.84 bits per heavy atom. The van der Waals surface area contributed by atoms with E-state index in [1.165, 1.54) is 10.7 Å². The minimum atomic E-state index is -0.471. The molecular weight excluding hydrogens is 415 g/mol. The number of halogens is 1. The van der Waals surface area contributed by atoms with E-state index in [1.54, 1.807) is 30.4 Å². The molecular formula is C22H19FN6OS. The average molecular weight is 435 g/mol. The molecule has 7 nitrogen and oxygen atoms in total. The lowest BCUT2D eigenvalue weighted by molar-refractivity contribution is -0.120. The Balaban J connectivity index is 1.41. The van der Waals surface area contributed by atoms with Gasteiger partial charge in [0.05, 0.1) is 21.1 Å². The van der Waals surface area contributed by atoms with Gasteiger partial charge in [-0.25, -0.2) is 9.37 Å². The molecule has 2 aromatic carbocycles. The summed E-state index contributed by atoms with van der Waals surface area (Å²) in [6.07, 6.45) is 5.54. The van der Waals surface area contributed by atoms with Gasteiger partial charge >= 0.3 is 0 Å². The molecule has 1 amide bonds. The van der Waals surface area contributed by atoms with Crippen LogP contribution >= 0.6 is 11.3 Å². The predicted octanol–water partition coefficient (Wildman–Crippen LogP) is 4.41. The van der Waals surface area contributed by atoms with E-state index >= 15 is 0 Å². The molecule has 1 aliphatic carbocycles. The van der Waals surface area contributed by atoms with Crippen molar-refractivity contribution >= 4 is 33.1 Å².